The molecule has 0 atom stereocenters. The van der Waals surface area contributed by atoms with Gasteiger partial charge in [-0.15, -0.1) is 10.2 Å². The summed E-state index contributed by atoms with van der Waals surface area (Å²) in [5.74, 6) is 0.338. The zero-order chi connectivity index (χ0) is 19.8. The highest BCUT2D eigenvalue weighted by Gasteiger charge is 2.16. The van der Waals surface area contributed by atoms with Gasteiger partial charge in [0.2, 0.25) is 5.91 Å². The standard InChI is InChI=1S/C21H24N4O2S/c1-17-8-10-19(11-9-17)25-16-22-23-21(25)28-15-20(26)24(12-13-27-2)14-18-6-4-3-5-7-18/h3-11,16H,12-15H2,1-2H3. The lowest BCUT2D eigenvalue weighted by Crippen LogP contribution is -2.34. The Morgan fingerprint density at radius 3 is 2.61 bits per heavy atom. The fourth-order valence-electron chi connectivity index (χ4n) is 2.72. The molecule has 7 heteroatoms. The molecule has 1 amide bonds. The third kappa shape index (κ3) is 5.43. The van der Waals surface area contributed by atoms with Crippen LogP contribution in [0, 0.1) is 6.92 Å². The molecule has 3 aromatic rings. The fraction of sp³-hybridized carbons (Fsp3) is 0.286. The average Bonchev–Trinajstić information content (AvgIpc) is 3.19. The summed E-state index contributed by atoms with van der Waals surface area (Å²) in [4.78, 5) is 14.7. The number of hydrogen-bond donors (Lipinski definition) is 0. The van der Waals surface area contributed by atoms with Crippen molar-refractivity contribution in [2.24, 2.45) is 0 Å². The van der Waals surface area contributed by atoms with Gasteiger partial charge < -0.3 is 9.64 Å². The van der Waals surface area contributed by atoms with Gasteiger partial charge in [0.1, 0.15) is 6.33 Å². The topological polar surface area (TPSA) is 60.2 Å². The van der Waals surface area contributed by atoms with Crippen LogP contribution in [-0.2, 0) is 16.1 Å². The lowest BCUT2D eigenvalue weighted by Gasteiger charge is -2.22. The molecule has 28 heavy (non-hydrogen) atoms. The van der Waals surface area contributed by atoms with E-state index in [1.165, 1.54) is 17.3 Å². The number of rotatable bonds is 9. The highest BCUT2D eigenvalue weighted by atomic mass is 32.2. The Morgan fingerprint density at radius 1 is 1.14 bits per heavy atom. The Morgan fingerprint density at radius 2 is 1.89 bits per heavy atom. The number of hydrogen-bond acceptors (Lipinski definition) is 5. The van der Waals surface area contributed by atoms with Crippen molar-refractivity contribution in [3.8, 4) is 5.69 Å². The van der Waals surface area contributed by atoms with Crippen LogP contribution >= 0.6 is 11.8 Å². The summed E-state index contributed by atoms with van der Waals surface area (Å²) in [6, 6.07) is 18.1. The Labute approximate surface area is 169 Å². The van der Waals surface area contributed by atoms with Crippen molar-refractivity contribution in [1.29, 1.82) is 0 Å². The second-order valence-electron chi connectivity index (χ2n) is 6.40. The van der Waals surface area contributed by atoms with E-state index in [1.54, 1.807) is 13.4 Å². The molecule has 0 aliphatic rings. The maximum atomic E-state index is 12.8. The number of carbonyl (C=O) groups excluding carboxylic acids is 1. The number of carbonyl (C=O) groups is 1. The minimum atomic E-state index is 0.0457. The highest BCUT2D eigenvalue weighted by molar-refractivity contribution is 7.99. The van der Waals surface area contributed by atoms with Gasteiger partial charge in [-0.25, -0.2) is 0 Å². The fourth-order valence-corrected chi connectivity index (χ4v) is 3.55. The molecule has 1 aromatic heterocycles. The molecule has 0 unspecified atom stereocenters. The molecular formula is C21H24N4O2S. The second-order valence-corrected chi connectivity index (χ2v) is 7.34. The normalized spacial score (nSPS) is 10.8. The predicted octanol–water partition coefficient (Wildman–Crippen LogP) is 3.34. The molecule has 0 bridgehead atoms. The van der Waals surface area contributed by atoms with Crippen LogP contribution < -0.4 is 0 Å². The predicted molar refractivity (Wildman–Crippen MR) is 111 cm³/mol. The van der Waals surface area contributed by atoms with Gasteiger partial charge in [-0.05, 0) is 24.6 Å². The molecule has 0 radical (unpaired) electrons. The molecule has 1 heterocycles. The number of aryl methyl sites for hydroxylation is 1. The van der Waals surface area contributed by atoms with E-state index in [1.807, 2.05) is 71.0 Å². The maximum Gasteiger partial charge on any atom is 0.233 e. The van der Waals surface area contributed by atoms with Gasteiger partial charge in [0, 0.05) is 25.9 Å². The van der Waals surface area contributed by atoms with Crippen molar-refractivity contribution in [1.82, 2.24) is 19.7 Å². The number of aromatic nitrogens is 3. The first kappa shape index (κ1) is 20.1. The Balaban J connectivity index is 1.66. The molecule has 0 aliphatic heterocycles. The summed E-state index contributed by atoms with van der Waals surface area (Å²) in [5, 5.41) is 8.88. The third-order valence-electron chi connectivity index (χ3n) is 4.29. The summed E-state index contributed by atoms with van der Waals surface area (Å²) in [6.45, 7) is 3.66. The molecule has 0 N–H and O–H groups in total. The van der Waals surface area contributed by atoms with E-state index in [4.69, 9.17) is 4.74 Å². The molecule has 0 aliphatic carbocycles. The number of methoxy groups -OCH3 is 1. The monoisotopic (exact) mass is 396 g/mol. The summed E-state index contributed by atoms with van der Waals surface area (Å²) in [6.07, 6.45) is 1.67. The third-order valence-corrected chi connectivity index (χ3v) is 5.22. The van der Waals surface area contributed by atoms with Crippen LogP contribution in [0.25, 0.3) is 5.69 Å². The van der Waals surface area contributed by atoms with E-state index in [0.717, 1.165) is 11.3 Å². The largest absolute Gasteiger partial charge is 0.383 e. The number of nitrogens with zero attached hydrogens (tertiary/aromatic N) is 4. The van der Waals surface area contributed by atoms with Crippen molar-refractivity contribution < 1.29 is 9.53 Å². The summed E-state index contributed by atoms with van der Waals surface area (Å²) >= 11 is 1.39. The van der Waals surface area contributed by atoms with Crippen LogP contribution in [0.4, 0.5) is 0 Å². The SMILES string of the molecule is COCCN(Cc1ccccc1)C(=O)CSc1nncn1-c1ccc(C)cc1. The van der Waals surface area contributed by atoms with Gasteiger partial charge in [0.05, 0.1) is 12.4 Å². The molecule has 0 saturated heterocycles. The minimum Gasteiger partial charge on any atom is -0.383 e. The maximum absolute atomic E-state index is 12.8. The first-order chi connectivity index (χ1) is 13.7. The van der Waals surface area contributed by atoms with E-state index in [2.05, 4.69) is 10.2 Å². The Bertz CT molecular complexity index is 881. The van der Waals surface area contributed by atoms with Crippen LogP contribution in [0.2, 0.25) is 0 Å². The molecule has 0 spiro atoms. The first-order valence-corrected chi connectivity index (χ1v) is 10.1. The van der Waals surface area contributed by atoms with Gasteiger partial charge in [-0.3, -0.25) is 9.36 Å². The summed E-state index contributed by atoms with van der Waals surface area (Å²) in [5.41, 5.74) is 3.27. The first-order valence-electron chi connectivity index (χ1n) is 9.08. The number of ether oxygens (including phenoxy) is 1. The smallest absolute Gasteiger partial charge is 0.233 e. The molecule has 6 nitrogen and oxygen atoms in total. The minimum absolute atomic E-state index is 0.0457. The van der Waals surface area contributed by atoms with Gasteiger partial charge in [-0.2, -0.15) is 0 Å². The van der Waals surface area contributed by atoms with E-state index < -0.39 is 0 Å². The summed E-state index contributed by atoms with van der Waals surface area (Å²) in [7, 11) is 1.64. The molecule has 3 rings (SSSR count). The van der Waals surface area contributed by atoms with Crippen LogP contribution in [0.5, 0.6) is 0 Å². The summed E-state index contributed by atoms with van der Waals surface area (Å²) < 4.78 is 7.07. The highest BCUT2D eigenvalue weighted by Crippen LogP contribution is 2.20. The number of amides is 1. The van der Waals surface area contributed by atoms with Crippen molar-refractivity contribution in [3.05, 3.63) is 72.1 Å². The number of benzene rings is 2. The number of thioether (sulfide) groups is 1. The van der Waals surface area contributed by atoms with Crippen molar-refractivity contribution in [2.75, 3.05) is 26.0 Å². The van der Waals surface area contributed by atoms with Crippen LogP contribution in [0.3, 0.4) is 0 Å². The van der Waals surface area contributed by atoms with E-state index in [0.29, 0.717) is 30.6 Å². The van der Waals surface area contributed by atoms with Gasteiger partial charge >= 0.3 is 0 Å². The zero-order valence-corrected chi connectivity index (χ0v) is 16.9. The van der Waals surface area contributed by atoms with Crippen LogP contribution in [0.15, 0.2) is 66.1 Å². The molecule has 0 saturated carbocycles. The van der Waals surface area contributed by atoms with Crippen molar-refractivity contribution in [2.45, 2.75) is 18.6 Å². The molecule has 146 valence electrons. The lowest BCUT2D eigenvalue weighted by atomic mass is 10.2. The van der Waals surface area contributed by atoms with Crippen molar-refractivity contribution in [3.63, 3.8) is 0 Å². The van der Waals surface area contributed by atoms with E-state index >= 15 is 0 Å². The van der Waals surface area contributed by atoms with Gasteiger partial charge in [0.15, 0.2) is 5.16 Å². The van der Waals surface area contributed by atoms with Gasteiger partial charge in [0.25, 0.3) is 0 Å². The quantitative estimate of drug-likeness (QED) is 0.519. The van der Waals surface area contributed by atoms with Gasteiger partial charge in [-0.1, -0.05) is 59.8 Å². The average molecular weight is 397 g/mol. The Kier molecular flexibility index (Phi) is 7.22. The van der Waals surface area contributed by atoms with Crippen LogP contribution in [-0.4, -0.2) is 51.6 Å². The Hall–Kier alpha value is -2.64. The lowest BCUT2D eigenvalue weighted by molar-refractivity contribution is -0.129. The van der Waals surface area contributed by atoms with E-state index in [-0.39, 0.29) is 5.91 Å². The van der Waals surface area contributed by atoms with Crippen LogP contribution in [0.1, 0.15) is 11.1 Å². The molecule has 2 aromatic carbocycles. The second kappa shape index (κ2) is 10.1. The molecular weight excluding hydrogens is 372 g/mol. The van der Waals surface area contributed by atoms with Crippen molar-refractivity contribution >= 4 is 17.7 Å². The molecule has 0 fully saturated rings. The van der Waals surface area contributed by atoms with E-state index in [9.17, 15) is 4.79 Å². The zero-order valence-electron chi connectivity index (χ0n) is 16.1.